The predicted octanol–water partition coefficient (Wildman–Crippen LogP) is 3.67. The van der Waals surface area contributed by atoms with E-state index in [1.165, 1.54) is 18.2 Å². The van der Waals surface area contributed by atoms with Gasteiger partial charge in [0.15, 0.2) is 0 Å². The van der Waals surface area contributed by atoms with Crippen LogP contribution in [0.25, 0.3) is 10.6 Å². The van der Waals surface area contributed by atoms with Crippen LogP contribution in [0.15, 0.2) is 47.8 Å². The zero-order chi connectivity index (χ0) is 16.9. The SMILES string of the molecule is O=C(NCc1cc(-c2cccs2)n[nH]1)c1ccccc1OC(F)F. The number of halogens is 2. The summed E-state index contributed by atoms with van der Waals surface area (Å²) in [7, 11) is 0. The van der Waals surface area contributed by atoms with Crippen molar-refractivity contribution in [1.29, 1.82) is 0 Å². The van der Waals surface area contributed by atoms with Crippen molar-refractivity contribution in [2.24, 2.45) is 0 Å². The summed E-state index contributed by atoms with van der Waals surface area (Å²) in [6.07, 6.45) is 0. The third-order valence-corrected chi connectivity index (χ3v) is 4.08. The van der Waals surface area contributed by atoms with E-state index in [9.17, 15) is 13.6 Å². The van der Waals surface area contributed by atoms with Crippen LogP contribution in [0.5, 0.6) is 5.75 Å². The highest BCUT2D eigenvalue weighted by atomic mass is 32.1. The second-order valence-corrected chi connectivity index (χ2v) is 5.76. The molecular weight excluding hydrogens is 336 g/mol. The third-order valence-electron chi connectivity index (χ3n) is 3.19. The van der Waals surface area contributed by atoms with Gasteiger partial charge in [0.05, 0.1) is 22.7 Å². The summed E-state index contributed by atoms with van der Waals surface area (Å²) in [5.74, 6) is -0.660. The van der Waals surface area contributed by atoms with Crippen molar-refractivity contribution in [3.63, 3.8) is 0 Å². The second-order valence-electron chi connectivity index (χ2n) is 4.81. The Morgan fingerprint density at radius 2 is 2.12 bits per heavy atom. The lowest BCUT2D eigenvalue weighted by atomic mass is 10.2. The fourth-order valence-corrected chi connectivity index (χ4v) is 2.81. The molecule has 24 heavy (non-hydrogen) atoms. The average molecular weight is 349 g/mol. The molecule has 0 saturated heterocycles. The third kappa shape index (κ3) is 3.77. The van der Waals surface area contributed by atoms with E-state index in [4.69, 9.17) is 0 Å². The van der Waals surface area contributed by atoms with E-state index in [-0.39, 0.29) is 17.9 Å². The first kappa shape index (κ1) is 16.1. The topological polar surface area (TPSA) is 67.0 Å². The number of nitrogens with one attached hydrogen (secondary N) is 2. The molecule has 0 bridgehead atoms. The summed E-state index contributed by atoms with van der Waals surface area (Å²) in [5, 5.41) is 11.6. The van der Waals surface area contributed by atoms with E-state index in [0.717, 1.165) is 10.6 Å². The maximum Gasteiger partial charge on any atom is 0.387 e. The average Bonchev–Trinajstić information content (AvgIpc) is 3.24. The predicted molar refractivity (Wildman–Crippen MR) is 86.1 cm³/mol. The number of carbonyl (C=O) groups excluding carboxylic acids is 1. The number of rotatable bonds is 6. The van der Waals surface area contributed by atoms with Gasteiger partial charge < -0.3 is 10.1 Å². The molecule has 2 aromatic heterocycles. The van der Waals surface area contributed by atoms with Gasteiger partial charge in [-0.15, -0.1) is 11.3 Å². The fraction of sp³-hybridized carbons (Fsp3) is 0.125. The molecule has 0 aliphatic carbocycles. The molecule has 2 N–H and O–H groups in total. The summed E-state index contributed by atoms with van der Waals surface area (Å²) in [6.45, 7) is -2.79. The monoisotopic (exact) mass is 349 g/mol. The second kappa shape index (κ2) is 7.22. The van der Waals surface area contributed by atoms with Crippen molar-refractivity contribution in [2.45, 2.75) is 13.2 Å². The van der Waals surface area contributed by atoms with Gasteiger partial charge in [0.2, 0.25) is 0 Å². The lowest BCUT2D eigenvalue weighted by Crippen LogP contribution is -2.24. The molecule has 0 radical (unpaired) electrons. The molecule has 2 heterocycles. The number of aromatic amines is 1. The lowest BCUT2D eigenvalue weighted by Gasteiger charge is -2.10. The molecule has 1 amide bonds. The number of aromatic nitrogens is 2. The van der Waals surface area contributed by atoms with Crippen molar-refractivity contribution in [2.75, 3.05) is 0 Å². The zero-order valence-electron chi connectivity index (χ0n) is 12.3. The van der Waals surface area contributed by atoms with E-state index in [1.54, 1.807) is 17.4 Å². The Kier molecular flexibility index (Phi) is 4.85. The van der Waals surface area contributed by atoms with Crippen molar-refractivity contribution >= 4 is 17.2 Å². The number of nitrogens with zero attached hydrogens (tertiary/aromatic N) is 1. The Labute approximate surface area is 140 Å². The van der Waals surface area contributed by atoms with Crippen LogP contribution in [0.1, 0.15) is 16.1 Å². The first-order valence-electron chi connectivity index (χ1n) is 7.03. The highest BCUT2D eigenvalue weighted by molar-refractivity contribution is 7.13. The summed E-state index contributed by atoms with van der Waals surface area (Å²) in [6, 6.07) is 11.6. The molecule has 0 saturated carbocycles. The number of ether oxygens (including phenoxy) is 1. The fourth-order valence-electron chi connectivity index (χ4n) is 2.13. The van der Waals surface area contributed by atoms with Gasteiger partial charge in [-0.25, -0.2) is 0 Å². The summed E-state index contributed by atoms with van der Waals surface area (Å²) >= 11 is 1.56. The van der Waals surface area contributed by atoms with E-state index in [2.05, 4.69) is 20.3 Å². The van der Waals surface area contributed by atoms with Crippen molar-refractivity contribution < 1.29 is 18.3 Å². The Morgan fingerprint density at radius 1 is 1.29 bits per heavy atom. The smallest absolute Gasteiger partial charge is 0.387 e. The van der Waals surface area contributed by atoms with Crippen LogP contribution in [0.4, 0.5) is 8.78 Å². The Balaban J connectivity index is 1.66. The van der Waals surface area contributed by atoms with Crippen LogP contribution >= 0.6 is 11.3 Å². The maximum atomic E-state index is 12.4. The molecule has 3 aromatic rings. The van der Waals surface area contributed by atoms with Crippen molar-refractivity contribution in [3.8, 4) is 16.3 Å². The van der Waals surface area contributed by atoms with Gasteiger partial charge in [-0.3, -0.25) is 9.89 Å². The number of hydrogen-bond donors (Lipinski definition) is 2. The van der Waals surface area contributed by atoms with E-state index >= 15 is 0 Å². The molecule has 0 unspecified atom stereocenters. The molecule has 0 aliphatic heterocycles. The minimum Gasteiger partial charge on any atom is -0.434 e. The quantitative estimate of drug-likeness (QED) is 0.713. The Bertz CT molecular complexity index is 818. The van der Waals surface area contributed by atoms with E-state index in [1.807, 2.05) is 23.6 Å². The van der Waals surface area contributed by atoms with Crippen LogP contribution in [0.2, 0.25) is 0 Å². The van der Waals surface area contributed by atoms with Gasteiger partial charge in [0, 0.05) is 0 Å². The Hall–Kier alpha value is -2.74. The van der Waals surface area contributed by atoms with Gasteiger partial charge in [-0.05, 0) is 29.6 Å². The number of hydrogen-bond acceptors (Lipinski definition) is 4. The van der Waals surface area contributed by atoms with E-state index in [0.29, 0.717) is 5.69 Å². The minimum absolute atomic E-state index is 0.0517. The number of thiophene rings is 1. The normalized spacial score (nSPS) is 10.8. The number of amides is 1. The van der Waals surface area contributed by atoms with E-state index < -0.39 is 12.5 Å². The first-order chi connectivity index (χ1) is 11.6. The summed E-state index contributed by atoms with van der Waals surface area (Å²) in [5.41, 5.74) is 1.55. The molecule has 0 aliphatic rings. The van der Waals surface area contributed by atoms with Crippen molar-refractivity contribution in [1.82, 2.24) is 15.5 Å². The van der Waals surface area contributed by atoms with Crippen LogP contribution < -0.4 is 10.1 Å². The molecule has 124 valence electrons. The minimum atomic E-state index is -2.99. The van der Waals surface area contributed by atoms with Gasteiger partial charge >= 0.3 is 6.61 Å². The number of para-hydroxylation sites is 1. The van der Waals surface area contributed by atoms with Crippen LogP contribution in [0, 0.1) is 0 Å². The first-order valence-corrected chi connectivity index (χ1v) is 7.91. The summed E-state index contributed by atoms with van der Waals surface area (Å²) in [4.78, 5) is 13.2. The van der Waals surface area contributed by atoms with Gasteiger partial charge in [0.25, 0.3) is 5.91 Å². The van der Waals surface area contributed by atoms with Gasteiger partial charge in [-0.2, -0.15) is 13.9 Å². The highest BCUT2D eigenvalue weighted by Crippen LogP contribution is 2.23. The summed E-state index contributed by atoms with van der Waals surface area (Å²) < 4.78 is 29.1. The molecule has 0 atom stereocenters. The molecule has 8 heteroatoms. The van der Waals surface area contributed by atoms with Gasteiger partial charge in [-0.1, -0.05) is 18.2 Å². The zero-order valence-corrected chi connectivity index (χ0v) is 13.1. The maximum absolute atomic E-state index is 12.4. The molecular formula is C16H13F2N3O2S. The molecule has 3 rings (SSSR count). The lowest BCUT2D eigenvalue weighted by molar-refractivity contribution is -0.0501. The molecule has 0 spiro atoms. The molecule has 0 fully saturated rings. The molecule has 5 nitrogen and oxygen atoms in total. The number of benzene rings is 1. The Morgan fingerprint density at radius 3 is 2.88 bits per heavy atom. The van der Waals surface area contributed by atoms with Crippen LogP contribution in [-0.2, 0) is 6.54 Å². The number of alkyl halides is 2. The van der Waals surface area contributed by atoms with Gasteiger partial charge in [0.1, 0.15) is 11.4 Å². The highest BCUT2D eigenvalue weighted by Gasteiger charge is 2.15. The van der Waals surface area contributed by atoms with Crippen LogP contribution in [0.3, 0.4) is 0 Å². The molecule has 1 aromatic carbocycles. The van der Waals surface area contributed by atoms with Crippen molar-refractivity contribution in [3.05, 3.63) is 59.1 Å². The van der Waals surface area contributed by atoms with Crippen LogP contribution in [-0.4, -0.2) is 22.7 Å². The largest absolute Gasteiger partial charge is 0.434 e. The number of carbonyl (C=O) groups is 1. The standard InChI is InChI=1S/C16H13F2N3O2S/c17-16(18)23-13-5-2-1-4-11(13)15(22)19-9-10-8-12(21-20-10)14-6-3-7-24-14/h1-8,16H,9H2,(H,19,22)(H,20,21). The number of H-pyrrole nitrogens is 1.